The highest BCUT2D eigenvalue weighted by Gasteiger charge is 1.92. The van der Waals surface area contributed by atoms with Gasteiger partial charge in [-0.2, -0.15) is 0 Å². The Labute approximate surface area is 85.5 Å². The minimum absolute atomic E-state index is 0.798. The number of aromatic nitrogens is 1. The number of pyridine rings is 1. The van der Waals surface area contributed by atoms with Crippen molar-refractivity contribution in [3.05, 3.63) is 30.1 Å². The van der Waals surface area contributed by atoms with E-state index in [-0.39, 0.29) is 0 Å². The molecule has 0 aliphatic carbocycles. The monoisotopic (exact) mass is 194 g/mol. The van der Waals surface area contributed by atoms with Crippen LogP contribution in [0.3, 0.4) is 0 Å². The molecule has 1 N–H and O–H groups in total. The second-order valence-corrected chi connectivity index (χ2v) is 3.17. The van der Waals surface area contributed by atoms with Crippen LogP contribution in [0.2, 0.25) is 0 Å². The number of rotatable bonds is 7. The lowest BCUT2D eigenvalue weighted by molar-refractivity contribution is 0.135. The van der Waals surface area contributed by atoms with E-state index < -0.39 is 0 Å². The molecule has 1 heterocycles. The largest absolute Gasteiger partial charge is 0.380 e. The van der Waals surface area contributed by atoms with Crippen LogP contribution < -0.4 is 5.32 Å². The minimum Gasteiger partial charge on any atom is -0.380 e. The van der Waals surface area contributed by atoms with Crippen LogP contribution in [0, 0.1) is 0 Å². The number of aryl methyl sites for hydroxylation is 1. The van der Waals surface area contributed by atoms with Gasteiger partial charge in [-0.05, 0) is 37.6 Å². The molecule has 0 amide bonds. The van der Waals surface area contributed by atoms with Gasteiger partial charge in [-0.1, -0.05) is 0 Å². The Morgan fingerprint density at radius 1 is 1.29 bits per heavy atom. The molecule has 0 aliphatic rings. The molecule has 3 heteroatoms. The highest BCUT2D eigenvalue weighted by molar-refractivity contribution is 5.09. The highest BCUT2D eigenvalue weighted by atomic mass is 16.5. The molecule has 0 atom stereocenters. The molecule has 0 aliphatic heterocycles. The molecule has 0 radical (unpaired) electrons. The van der Waals surface area contributed by atoms with Gasteiger partial charge in [0, 0.05) is 25.5 Å². The zero-order valence-electron chi connectivity index (χ0n) is 8.70. The SMILES string of the molecule is CNCCOCCCc1ccncc1. The number of nitrogens with zero attached hydrogens (tertiary/aromatic N) is 1. The molecular weight excluding hydrogens is 176 g/mol. The lowest BCUT2D eigenvalue weighted by Crippen LogP contribution is -2.14. The van der Waals surface area contributed by atoms with Crippen molar-refractivity contribution in [1.82, 2.24) is 10.3 Å². The standard InChI is InChI=1S/C11H18N2O/c1-12-8-10-14-9-2-3-11-4-6-13-7-5-11/h4-7,12H,2-3,8-10H2,1H3. The van der Waals surface area contributed by atoms with E-state index >= 15 is 0 Å². The van der Waals surface area contributed by atoms with Crippen molar-refractivity contribution in [2.45, 2.75) is 12.8 Å². The Hall–Kier alpha value is -0.930. The van der Waals surface area contributed by atoms with Gasteiger partial charge < -0.3 is 10.1 Å². The fourth-order valence-electron chi connectivity index (χ4n) is 1.20. The summed E-state index contributed by atoms with van der Waals surface area (Å²) in [6, 6.07) is 4.10. The van der Waals surface area contributed by atoms with Gasteiger partial charge in [0.05, 0.1) is 6.61 Å². The van der Waals surface area contributed by atoms with Crippen molar-refractivity contribution in [2.24, 2.45) is 0 Å². The minimum atomic E-state index is 0.798. The summed E-state index contributed by atoms with van der Waals surface area (Å²) in [6.07, 6.45) is 5.81. The Morgan fingerprint density at radius 3 is 2.79 bits per heavy atom. The van der Waals surface area contributed by atoms with E-state index in [2.05, 4.69) is 10.3 Å². The molecule has 0 aromatic carbocycles. The topological polar surface area (TPSA) is 34.1 Å². The van der Waals surface area contributed by atoms with Crippen molar-refractivity contribution < 1.29 is 4.74 Å². The summed E-state index contributed by atoms with van der Waals surface area (Å²) in [6.45, 7) is 2.56. The van der Waals surface area contributed by atoms with Crippen LogP contribution in [-0.4, -0.2) is 31.8 Å². The van der Waals surface area contributed by atoms with Crippen LogP contribution in [0.25, 0.3) is 0 Å². The first kappa shape index (κ1) is 11.1. The fourth-order valence-corrected chi connectivity index (χ4v) is 1.20. The normalized spacial score (nSPS) is 10.4. The number of likely N-dealkylation sites (N-methyl/N-ethyl adjacent to an activating group) is 1. The maximum Gasteiger partial charge on any atom is 0.0590 e. The third-order valence-corrected chi connectivity index (χ3v) is 2.00. The summed E-state index contributed by atoms with van der Waals surface area (Å²) >= 11 is 0. The van der Waals surface area contributed by atoms with E-state index in [1.807, 2.05) is 31.6 Å². The molecule has 1 aromatic heterocycles. The molecular formula is C11H18N2O. The number of nitrogens with one attached hydrogen (secondary N) is 1. The Morgan fingerprint density at radius 2 is 2.07 bits per heavy atom. The summed E-state index contributed by atoms with van der Waals surface area (Å²) in [5.41, 5.74) is 1.33. The van der Waals surface area contributed by atoms with Gasteiger partial charge in [-0.3, -0.25) is 4.98 Å². The van der Waals surface area contributed by atoms with Crippen molar-refractivity contribution >= 4 is 0 Å². The van der Waals surface area contributed by atoms with Gasteiger partial charge in [0.2, 0.25) is 0 Å². The van der Waals surface area contributed by atoms with Crippen LogP contribution in [0.4, 0.5) is 0 Å². The van der Waals surface area contributed by atoms with Crippen LogP contribution in [0.1, 0.15) is 12.0 Å². The molecule has 14 heavy (non-hydrogen) atoms. The second-order valence-electron chi connectivity index (χ2n) is 3.17. The van der Waals surface area contributed by atoms with Crippen molar-refractivity contribution in [1.29, 1.82) is 0 Å². The van der Waals surface area contributed by atoms with Gasteiger partial charge in [0.1, 0.15) is 0 Å². The van der Waals surface area contributed by atoms with E-state index in [0.29, 0.717) is 0 Å². The number of hydrogen-bond donors (Lipinski definition) is 1. The van der Waals surface area contributed by atoms with E-state index in [1.54, 1.807) is 0 Å². The van der Waals surface area contributed by atoms with Crippen LogP contribution >= 0.6 is 0 Å². The van der Waals surface area contributed by atoms with Crippen LogP contribution in [0.5, 0.6) is 0 Å². The van der Waals surface area contributed by atoms with Crippen LogP contribution in [-0.2, 0) is 11.2 Å². The molecule has 0 fully saturated rings. The number of ether oxygens (including phenoxy) is 1. The van der Waals surface area contributed by atoms with E-state index in [0.717, 1.165) is 32.6 Å². The summed E-state index contributed by atoms with van der Waals surface area (Å²) in [7, 11) is 1.93. The quantitative estimate of drug-likeness (QED) is 0.663. The lowest BCUT2D eigenvalue weighted by atomic mass is 10.1. The summed E-state index contributed by atoms with van der Waals surface area (Å²) in [5, 5.41) is 3.04. The van der Waals surface area contributed by atoms with Gasteiger partial charge in [0.15, 0.2) is 0 Å². The fraction of sp³-hybridized carbons (Fsp3) is 0.545. The number of hydrogen-bond acceptors (Lipinski definition) is 3. The molecule has 0 saturated carbocycles. The maximum atomic E-state index is 5.42. The Bertz CT molecular complexity index is 226. The van der Waals surface area contributed by atoms with Gasteiger partial charge in [0.25, 0.3) is 0 Å². The molecule has 78 valence electrons. The third kappa shape index (κ3) is 4.94. The summed E-state index contributed by atoms with van der Waals surface area (Å²) in [4.78, 5) is 3.97. The summed E-state index contributed by atoms with van der Waals surface area (Å²) in [5.74, 6) is 0. The van der Waals surface area contributed by atoms with E-state index in [9.17, 15) is 0 Å². The summed E-state index contributed by atoms with van der Waals surface area (Å²) < 4.78 is 5.42. The van der Waals surface area contributed by atoms with Gasteiger partial charge in [-0.25, -0.2) is 0 Å². The van der Waals surface area contributed by atoms with E-state index in [1.165, 1.54) is 5.56 Å². The third-order valence-electron chi connectivity index (χ3n) is 2.00. The smallest absolute Gasteiger partial charge is 0.0590 e. The second kappa shape index (κ2) is 7.47. The average molecular weight is 194 g/mol. The first-order valence-corrected chi connectivity index (χ1v) is 5.04. The molecule has 3 nitrogen and oxygen atoms in total. The molecule has 0 saturated heterocycles. The van der Waals surface area contributed by atoms with E-state index in [4.69, 9.17) is 4.74 Å². The zero-order valence-corrected chi connectivity index (χ0v) is 8.70. The molecule has 0 spiro atoms. The average Bonchev–Trinajstić information content (AvgIpc) is 2.25. The molecule has 0 unspecified atom stereocenters. The van der Waals surface area contributed by atoms with Crippen molar-refractivity contribution in [3.8, 4) is 0 Å². The molecule has 0 bridgehead atoms. The van der Waals surface area contributed by atoms with Crippen molar-refractivity contribution in [2.75, 3.05) is 26.8 Å². The van der Waals surface area contributed by atoms with Crippen molar-refractivity contribution in [3.63, 3.8) is 0 Å². The molecule has 1 rings (SSSR count). The van der Waals surface area contributed by atoms with Gasteiger partial charge >= 0.3 is 0 Å². The first-order chi connectivity index (χ1) is 6.93. The zero-order chi connectivity index (χ0) is 10.1. The highest BCUT2D eigenvalue weighted by Crippen LogP contribution is 2.00. The lowest BCUT2D eigenvalue weighted by Gasteiger charge is -2.03. The Balaban J connectivity index is 1.99. The predicted octanol–water partition coefficient (Wildman–Crippen LogP) is 1.25. The Kier molecular flexibility index (Phi) is 5.95. The van der Waals surface area contributed by atoms with Gasteiger partial charge in [-0.15, -0.1) is 0 Å². The predicted molar refractivity (Wildman–Crippen MR) is 57.3 cm³/mol. The maximum absolute atomic E-state index is 5.42. The first-order valence-electron chi connectivity index (χ1n) is 5.04. The van der Waals surface area contributed by atoms with Crippen LogP contribution in [0.15, 0.2) is 24.5 Å². The molecule has 1 aromatic rings.